The number of carbonyl (C=O) groups excluding carboxylic acids is 1. The standard InChI is InChI=1S/C16H26N2O2/c1-5-6-7-8-12-9-10-14(13(17)11-12)18-15(19)20-16(2,3)4/h9-11H,5-8,17H2,1-4H3,(H,18,19). The predicted molar refractivity (Wildman–Crippen MR) is 83.9 cm³/mol. The van der Waals surface area contributed by atoms with Crippen LogP contribution in [0.1, 0.15) is 52.5 Å². The van der Waals surface area contributed by atoms with E-state index in [0.717, 1.165) is 12.8 Å². The van der Waals surface area contributed by atoms with Gasteiger partial charge in [-0.1, -0.05) is 25.8 Å². The molecule has 0 bridgehead atoms. The second kappa shape index (κ2) is 7.17. The third-order valence-corrected chi connectivity index (χ3v) is 2.82. The molecule has 112 valence electrons. The number of rotatable bonds is 5. The Bertz CT molecular complexity index is 450. The van der Waals surface area contributed by atoms with Crippen LogP contribution < -0.4 is 11.1 Å². The maximum atomic E-state index is 11.7. The number of ether oxygens (including phenoxy) is 1. The summed E-state index contributed by atoms with van der Waals surface area (Å²) in [4.78, 5) is 11.7. The number of amides is 1. The molecule has 0 aromatic heterocycles. The number of anilines is 2. The van der Waals surface area contributed by atoms with E-state index < -0.39 is 11.7 Å². The summed E-state index contributed by atoms with van der Waals surface area (Å²) in [6.45, 7) is 7.66. The number of hydrogen-bond acceptors (Lipinski definition) is 3. The summed E-state index contributed by atoms with van der Waals surface area (Å²) in [5.41, 5.74) is 7.82. The molecule has 0 aliphatic heterocycles. The summed E-state index contributed by atoms with van der Waals surface area (Å²) in [7, 11) is 0. The maximum absolute atomic E-state index is 11.7. The van der Waals surface area contributed by atoms with Crippen LogP contribution in [-0.4, -0.2) is 11.7 Å². The van der Waals surface area contributed by atoms with Gasteiger partial charge in [0.2, 0.25) is 0 Å². The molecule has 1 aromatic carbocycles. The molecular weight excluding hydrogens is 252 g/mol. The van der Waals surface area contributed by atoms with Gasteiger partial charge in [0.25, 0.3) is 0 Å². The summed E-state index contributed by atoms with van der Waals surface area (Å²) >= 11 is 0. The van der Waals surface area contributed by atoms with E-state index in [0.29, 0.717) is 11.4 Å². The fourth-order valence-corrected chi connectivity index (χ4v) is 1.87. The zero-order chi connectivity index (χ0) is 15.2. The lowest BCUT2D eigenvalue weighted by Gasteiger charge is -2.20. The van der Waals surface area contributed by atoms with E-state index in [1.54, 1.807) is 0 Å². The largest absolute Gasteiger partial charge is 0.444 e. The Balaban J connectivity index is 2.61. The van der Waals surface area contributed by atoms with Gasteiger partial charge >= 0.3 is 6.09 Å². The molecule has 3 N–H and O–H groups in total. The van der Waals surface area contributed by atoms with Crippen LogP contribution in [0.5, 0.6) is 0 Å². The van der Waals surface area contributed by atoms with Crippen molar-refractivity contribution in [2.45, 2.75) is 59.0 Å². The maximum Gasteiger partial charge on any atom is 0.412 e. The van der Waals surface area contributed by atoms with Gasteiger partial charge in [-0.25, -0.2) is 4.79 Å². The SMILES string of the molecule is CCCCCc1ccc(NC(=O)OC(C)(C)C)c(N)c1. The van der Waals surface area contributed by atoms with Gasteiger partial charge < -0.3 is 10.5 Å². The summed E-state index contributed by atoms with van der Waals surface area (Å²) in [6, 6.07) is 5.75. The predicted octanol–water partition coefficient (Wildman–Crippen LogP) is 4.35. The van der Waals surface area contributed by atoms with E-state index in [2.05, 4.69) is 12.2 Å². The van der Waals surface area contributed by atoms with Crippen LogP contribution in [0, 0.1) is 0 Å². The summed E-state index contributed by atoms with van der Waals surface area (Å²) in [6.07, 6.45) is 4.12. The van der Waals surface area contributed by atoms with Crippen LogP contribution in [0.2, 0.25) is 0 Å². The Morgan fingerprint density at radius 1 is 1.30 bits per heavy atom. The van der Waals surface area contributed by atoms with Gasteiger partial charge in [0, 0.05) is 0 Å². The number of aryl methyl sites for hydroxylation is 1. The second-order valence-corrected chi connectivity index (χ2v) is 6.01. The van der Waals surface area contributed by atoms with Gasteiger partial charge in [-0.2, -0.15) is 0 Å². The van der Waals surface area contributed by atoms with Crippen molar-refractivity contribution in [3.63, 3.8) is 0 Å². The molecule has 1 amide bonds. The first-order chi connectivity index (χ1) is 9.31. The lowest BCUT2D eigenvalue weighted by atomic mass is 10.1. The average molecular weight is 278 g/mol. The van der Waals surface area contributed by atoms with Crippen LogP contribution in [-0.2, 0) is 11.2 Å². The molecule has 0 saturated heterocycles. The quantitative estimate of drug-likeness (QED) is 0.621. The van der Waals surface area contributed by atoms with Gasteiger partial charge in [0.1, 0.15) is 5.60 Å². The first-order valence-corrected chi connectivity index (χ1v) is 7.20. The molecular formula is C16H26N2O2. The normalized spacial score (nSPS) is 11.2. The molecule has 4 nitrogen and oxygen atoms in total. The van der Waals surface area contributed by atoms with E-state index in [4.69, 9.17) is 10.5 Å². The summed E-state index contributed by atoms with van der Waals surface area (Å²) in [5, 5.41) is 2.68. The fraction of sp³-hybridized carbons (Fsp3) is 0.562. The molecule has 4 heteroatoms. The third kappa shape index (κ3) is 5.95. The lowest BCUT2D eigenvalue weighted by molar-refractivity contribution is 0.0636. The van der Waals surface area contributed by atoms with E-state index >= 15 is 0 Å². The fourth-order valence-electron chi connectivity index (χ4n) is 1.87. The Labute approximate surface area is 121 Å². The number of hydrogen-bond donors (Lipinski definition) is 2. The number of nitrogens with one attached hydrogen (secondary N) is 1. The zero-order valence-corrected chi connectivity index (χ0v) is 13.0. The van der Waals surface area contributed by atoms with Crippen LogP contribution in [0.4, 0.5) is 16.2 Å². The molecule has 20 heavy (non-hydrogen) atoms. The Hall–Kier alpha value is -1.71. The monoisotopic (exact) mass is 278 g/mol. The first kappa shape index (κ1) is 16.3. The lowest BCUT2D eigenvalue weighted by Crippen LogP contribution is -2.27. The second-order valence-electron chi connectivity index (χ2n) is 6.01. The van der Waals surface area contributed by atoms with Crippen LogP contribution in [0.25, 0.3) is 0 Å². The molecule has 0 saturated carbocycles. The highest BCUT2D eigenvalue weighted by Crippen LogP contribution is 2.22. The molecule has 1 aromatic rings. The van der Waals surface area contributed by atoms with Gasteiger partial charge in [-0.15, -0.1) is 0 Å². The van der Waals surface area contributed by atoms with E-state index in [-0.39, 0.29) is 0 Å². The third-order valence-electron chi connectivity index (χ3n) is 2.82. The Morgan fingerprint density at radius 3 is 2.55 bits per heavy atom. The molecule has 0 aliphatic carbocycles. The molecule has 1 rings (SSSR count). The van der Waals surface area contributed by atoms with E-state index in [1.165, 1.54) is 18.4 Å². The highest BCUT2D eigenvalue weighted by Gasteiger charge is 2.16. The smallest absolute Gasteiger partial charge is 0.412 e. The zero-order valence-electron chi connectivity index (χ0n) is 13.0. The summed E-state index contributed by atoms with van der Waals surface area (Å²) in [5.74, 6) is 0. The number of carbonyl (C=O) groups is 1. The van der Waals surface area contributed by atoms with Crippen molar-refractivity contribution in [2.75, 3.05) is 11.1 Å². The molecule has 0 unspecified atom stereocenters. The van der Waals surface area contributed by atoms with Crippen molar-refractivity contribution in [2.24, 2.45) is 0 Å². The molecule has 0 spiro atoms. The van der Waals surface area contributed by atoms with Gasteiger partial charge in [-0.05, 0) is 51.3 Å². The van der Waals surface area contributed by atoms with Crippen molar-refractivity contribution in [3.8, 4) is 0 Å². The molecule has 0 aliphatic rings. The van der Waals surface area contributed by atoms with E-state index in [1.807, 2.05) is 39.0 Å². The van der Waals surface area contributed by atoms with Crippen molar-refractivity contribution in [1.29, 1.82) is 0 Å². The highest BCUT2D eigenvalue weighted by molar-refractivity contribution is 5.89. The van der Waals surface area contributed by atoms with E-state index in [9.17, 15) is 4.79 Å². The van der Waals surface area contributed by atoms with Crippen molar-refractivity contribution >= 4 is 17.5 Å². The van der Waals surface area contributed by atoms with Crippen LogP contribution in [0.15, 0.2) is 18.2 Å². The highest BCUT2D eigenvalue weighted by atomic mass is 16.6. The van der Waals surface area contributed by atoms with Crippen molar-refractivity contribution < 1.29 is 9.53 Å². The number of nitrogen functional groups attached to an aromatic ring is 1. The van der Waals surface area contributed by atoms with Gasteiger partial charge in [0.15, 0.2) is 0 Å². The average Bonchev–Trinajstić information content (AvgIpc) is 2.30. The first-order valence-electron chi connectivity index (χ1n) is 7.20. The Morgan fingerprint density at radius 2 is 2.00 bits per heavy atom. The minimum Gasteiger partial charge on any atom is -0.444 e. The molecule has 0 fully saturated rings. The summed E-state index contributed by atoms with van der Waals surface area (Å²) < 4.78 is 5.20. The molecule has 0 radical (unpaired) electrons. The van der Waals surface area contributed by atoms with Crippen LogP contribution >= 0.6 is 0 Å². The molecule has 0 heterocycles. The number of nitrogens with two attached hydrogens (primary N) is 1. The number of unbranched alkanes of at least 4 members (excludes halogenated alkanes) is 2. The Kier molecular flexibility index (Phi) is 5.86. The van der Waals surface area contributed by atoms with Gasteiger partial charge in [0.05, 0.1) is 11.4 Å². The number of benzene rings is 1. The van der Waals surface area contributed by atoms with Crippen molar-refractivity contribution in [3.05, 3.63) is 23.8 Å². The minimum absolute atomic E-state index is 0.483. The van der Waals surface area contributed by atoms with Crippen molar-refractivity contribution in [1.82, 2.24) is 0 Å². The van der Waals surface area contributed by atoms with Crippen LogP contribution in [0.3, 0.4) is 0 Å². The minimum atomic E-state index is -0.515. The topological polar surface area (TPSA) is 64.3 Å². The molecule has 0 atom stereocenters. The van der Waals surface area contributed by atoms with Gasteiger partial charge in [-0.3, -0.25) is 5.32 Å².